The number of rotatable bonds is 7. The van der Waals surface area contributed by atoms with Crippen molar-refractivity contribution in [1.29, 1.82) is 0 Å². The van der Waals surface area contributed by atoms with E-state index in [0.29, 0.717) is 11.5 Å². The van der Waals surface area contributed by atoms with Crippen LogP contribution in [0.1, 0.15) is 45.6 Å². The summed E-state index contributed by atoms with van der Waals surface area (Å²) < 4.78 is 17.2. The lowest BCUT2D eigenvalue weighted by Crippen LogP contribution is -2.52. The molecule has 1 amide bonds. The molecule has 37 heavy (non-hydrogen) atoms. The van der Waals surface area contributed by atoms with Gasteiger partial charge in [-0.2, -0.15) is 4.98 Å². The molecule has 1 fully saturated rings. The summed E-state index contributed by atoms with van der Waals surface area (Å²) in [6, 6.07) is 18.2. The third-order valence-corrected chi connectivity index (χ3v) is 6.46. The second-order valence-corrected chi connectivity index (χ2v) is 10.3. The highest BCUT2D eigenvalue weighted by molar-refractivity contribution is 6.00. The van der Waals surface area contributed by atoms with Crippen LogP contribution in [0.3, 0.4) is 0 Å². The Morgan fingerprint density at radius 2 is 1.81 bits per heavy atom. The van der Waals surface area contributed by atoms with Crippen molar-refractivity contribution in [2.24, 2.45) is 0 Å². The van der Waals surface area contributed by atoms with Gasteiger partial charge in [0.2, 0.25) is 5.71 Å². The van der Waals surface area contributed by atoms with E-state index in [2.05, 4.69) is 15.3 Å². The Morgan fingerprint density at radius 1 is 1.08 bits per heavy atom. The number of hydrogen-bond donors (Lipinski definition) is 2. The minimum Gasteiger partial charge on any atom is -0.461 e. The fraction of sp³-hybridized carbons (Fsp3) is 0.345. The summed E-state index contributed by atoms with van der Waals surface area (Å²) in [5.41, 5.74) is 3.21. The second kappa shape index (κ2) is 9.86. The lowest BCUT2D eigenvalue weighted by Gasteiger charge is -2.43. The monoisotopic (exact) mass is 501 g/mol. The molecule has 2 aromatic carbocycles. The molecule has 0 spiro atoms. The number of fused-ring (bicyclic) bond motifs is 1. The van der Waals surface area contributed by atoms with Crippen molar-refractivity contribution in [3.8, 4) is 28.5 Å². The first-order valence-electron chi connectivity index (χ1n) is 12.5. The minimum absolute atomic E-state index is 0.102. The van der Waals surface area contributed by atoms with Crippen molar-refractivity contribution in [2.45, 2.75) is 51.2 Å². The van der Waals surface area contributed by atoms with Crippen LogP contribution in [0.5, 0.6) is 6.01 Å². The summed E-state index contributed by atoms with van der Waals surface area (Å²) in [6.45, 7) is 5.55. The molecule has 1 saturated carbocycles. The summed E-state index contributed by atoms with van der Waals surface area (Å²) in [5, 5.41) is 12.9. The number of ether oxygens (including phenoxy) is 2. The van der Waals surface area contributed by atoms with Crippen LogP contribution in [-0.2, 0) is 10.3 Å². The molecule has 2 heterocycles. The van der Waals surface area contributed by atoms with Gasteiger partial charge in [-0.15, -0.1) is 0 Å². The zero-order chi connectivity index (χ0) is 26.0. The van der Waals surface area contributed by atoms with Crippen molar-refractivity contribution >= 4 is 17.2 Å². The number of carbonyl (C=O) groups is 1. The summed E-state index contributed by atoms with van der Waals surface area (Å²) in [5.74, 6) is 0.670. The largest absolute Gasteiger partial charge is 0.461 e. The molecule has 2 aromatic heterocycles. The average molecular weight is 502 g/mol. The van der Waals surface area contributed by atoms with Crippen LogP contribution in [0.4, 0.5) is 4.79 Å². The van der Waals surface area contributed by atoms with Crippen molar-refractivity contribution in [2.75, 3.05) is 13.2 Å². The van der Waals surface area contributed by atoms with Crippen LogP contribution in [-0.4, -0.2) is 40.0 Å². The molecule has 4 aromatic rings. The molecule has 0 saturated heterocycles. The normalized spacial score (nSPS) is 14.7. The zero-order valence-electron chi connectivity index (χ0n) is 21.3. The Kier molecular flexibility index (Phi) is 6.60. The molecule has 8 heteroatoms. The van der Waals surface area contributed by atoms with Crippen molar-refractivity contribution in [3.63, 3.8) is 0 Å². The Balaban J connectivity index is 1.51. The summed E-state index contributed by atoms with van der Waals surface area (Å²) in [7, 11) is 0. The predicted molar refractivity (Wildman–Crippen MR) is 140 cm³/mol. The number of nitrogens with zero attached hydrogens (tertiary/aromatic N) is 2. The standard InChI is InChI=1S/C29H31N3O5/c1-28(2,3)37-27(34)32-29(14-7-15-29)21-12-10-20(11-13-21)24-23(19-8-5-4-6-9-19)22-18-30-26(35-17-16-33)31-25(22)36-24/h4-6,8-13,18,33H,7,14-17H2,1-3H3,(H,32,34). The fourth-order valence-electron chi connectivity index (χ4n) is 4.63. The van der Waals surface area contributed by atoms with Gasteiger partial charge in [0.1, 0.15) is 18.0 Å². The summed E-state index contributed by atoms with van der Waals surface area (Å²) in [4.78, 5) is 21.3. The molecule has 0 aliphatic heterocycles. The van der Waals surface area contributed by atoms with E-state index >= 15 is 0 Å². The highest BCUT2D eigenvalue weighted by Crippen LogP contribution is 2.44. The number of carbonyl (C=O) groups excluding carboxylic acids is 1. The van der Waals surface area contributed by atoms with Gasteiger partial charge < -0.3 is 24.3 Å². The zero-order valence-corrected chi connectivity index (χ0v) is 21.3. The van der Waals surface area contributed by atoms with Gasteiger partial charge in [-0.3, -0.25) is 0 Å². The summed E-state index contributed by atoms with van der Waals surface area (Å²) in [6.07, 6.45) is 4.04. The number of aliphatic hydroxyl groups excluding tert-OH is 1. The van der Waals surface area contributed by atoms with Gasteiger partial charge in [0.15, 0.2) is 0 Å². The van der Waals surface area contributed by atoms with Gasteiger partial charge >= 0.3 is 12.1 Å². The van der Waals surface area contributed by atoms with Crippen molar-refractivity contribution in [1.82, 2.24) is 15.3 Å². The van der Waals surface area contributed by atoms with E-state index in [1.165, 1.54) is 0 Å². The number of aliphatic hydroxyl groups is 1. The molecule has 0 unspecified atom stereocenters. The molecule has 1 aliphatic carbocycles. The Morgan fingerprint density at radius 3 is 2.43 bits per heavy atom. The number of aromatic nitrogens is 2. The number of amides is 1. The van der Waals surface area contributed by atoms with Gasteiger partial charge in [-0.25, -0.2) is 9.78 Å². The fourth-order valence-corrected chi connectivity index (χ4v) is 4.63. The molecule has 8 nitrogen and oxygen atoms in total. The maximum Gasteiger partial charge on any atom is 0.408 e. The Labute approximate surface area is 215 Å². The first-order chi connectivity index (χ1) is 17.8. The molecule has 0 atom stereocenters. The maximum absolute atomic E-state index is 12.5. The van der Waals surface area contributed by atoms with Crippen LogP contribution in [0.25, 0.3) is 33.6 Å². The number of benzene rings is 2. The van der Waals surface area contributed by atoms with Gasteiger partial charge in [-0.05, 0) is 51.2 Å². The highest BCUT2D eigenvalue weighted by atomic mass is 16.6. The third kappa shape index (κ3) is 5.15. The van der Waals surface area contributed by atoms with Gasteiger partial charge in [0.25, 0.3) is 0 Å². The van der Waals surface area contributed by atoms with Crippen molar-refractivity contribution < 1.29 is 23.8 Å². The Bertz CT molecular complexity index is 1390. The van der Waals surface area contributed by atoms with Crippen LogP contribution < -0.4 is 10.1 Å². The van der Waals surface area contributed by atoms with Gasteiger partial charge in [-0.1, -0.05) is 54.6 Å². The average Bonchev–Trinajstić information content (AvgIpc) is 3.23. The van der Waals surface area contributed by atoms with E-state index in [1.807, 2.05) is 75.4 Å². The number of hydrogen-bond acceptors (Lipinski definition) is 7. The first kappa shape index (κ1) is 24.8. The third-order valence-electron chi connectivity index (χ3n) is 6.46. The van der Waals surface area contributed by atoms with E-state index in [0.717, 1.165) is 46.9 Å². The highest BCUT2D eigenvalue weighted by Gasteiger charge is 2.41. The lowest BCUT2D eigenvalue weighted by molar-refractivity contribution is 0.0377. The minimum atomic E-state index is -0.556. The Hall–Kier alpha value is -3.91. The first-order valence-corrected chi connectivity index (χ1v) is 12.5. The molecule has 5 rings (SSSR count). The van der Waals surface area contributed by atoms with Crippen LogP contribution >= 0.6 is 0 Å². The topological polar surface area (TPSA) is 107 Å². The smallest absolute Gasteiger partial charge is 0.408 e. The lowest BCUT2D eigenvalue weighted by atomic mass is 9.71. The molecule has 2 N–H and O–H groups in total. The summed E-state index contributed by atoms with van der Waals surface area (Å²) >= 11 is 0. The quantitative estimate of drug-likeness (QED) is 0.328. The molecule has 0 bridgehead atoms. The SMILES string of the molecule is CC(C)(C)OC(=O)NC1(c2ccc(-c3oc4nc(OCCO)ncc4c3-c3ccccc3)cc2)CCC1. The van der Waals surface area contributed by atoms with Crippen molar-refractivity contribution in [3.05, 3.63) is 66.4 Å². The predicted octanol–water partition coefficient (Wildman–Crippen LogP) is 5.83. The number of furan rings is 1. The van der Waals surface area contributed by atoms with E-state index in [9.17, 15) is 4.79 Å². The van der Waals surface area contributed by atoms with E-state index in [-0.39, 0.29) is 19.2 Å². The maximum atomic E-state index is 12.5. The molecule has 192 valence electrons. The van der Waals surface area contributed by atoms with Gasteiger partial charge in [0.05, 0.1) is 17.5 Å². The number of nitrogens with one attached hydrogen (secondary N) is 1. The molecule has 0 radical (unpaired) electrons. The van der Waals surface area contributed by atoms with E-state index in [1.54, 1.807) is 6.20 Å². The second-order valence-electron chi connectivity index (χ2n) is 10.3. The molecule has 1 aliphatic rings. The van der Waals surface area contributed by atoms with Crippen LogP contribution in [0.15, 0.2) is 65.2 Å². The van der Waals surface area contributed by atoms with E-state index in [4.69, 9.17) is 19.0 Å². The molecular formula is C29H31N3O5. The van der Waals surface area contributed by atoms with E-state index < -0.39 is 17.2 Å². The number of alkyl carbamates (subject to hydrolysis) is 1. The van der Waals surface area contributed by atoms with Crippen LogP contribution in [0.2, 0.25) is 0 Å². The molecular weight excluding hydrogens is 470 g/mol. The van der Waals surface area contributed by atoms with Gasteiger partial charge in [0, 0.05) is 17.3 Å². The van der Waals surface area contributed by atoms with Crippen LogP contribution in [0, 0.1) is 0 Å².